The van der Waals surface area contributed by atoms with Gasteiger partial charge in [0.15, 0.2) is 11.4 Å². The highest BCUT2D eigenvalue weighted by molar-refractivity contribution is 5.99. The number of benzene rings is 1. The van der Waals surface area contributed by atoms with Crippen LogP contribution in [0, 0.1) is 29.3 Å². The van der Waals surface area contributed by atoms with Gasteiger partial charge in [-0.1, -0.05) is 0 Å². The summed E-state index contributed by atoms with van der Waals surface area (Å²) in [6.07, 6.45) is 2.86. The Hall–Kier alpha value is -3.50. The van der Waals surface area contributed by atoms with Crippen molar-refractivity contribution < 1.29 is 27.9 Å². The van der Waals surface area contributed by atoms with Gasteiger partial charge in [0.2, 0.25) is 5.43 Å². The molecule has 1 aliphatic carbocycles. The number of carbonyl (C=O) groups is 2. The number of nitrogens with one attached hydrogen (secondary N) is 1. The molecule has 32 heavy (non-hydrogen) atoms. The molecule has 4 heterocycles. The van der Waals surface area contributed by atoms with Crippen LogP contribution in [0.2, 0.25) is 0 Å². The van der Waals surface area contributed by atoms with E-state index >= 15 is 0 Å². The second-order valence-electron chi connectivity index (χ2n) is 8.49. The van der Waals surface area contributed by atoms with Crippen molar-refractivity contribution in [1.82, 2.24) is 14.9 Å². The van der Waals surface area contributed by atoms with Gasteiger partial charge in [0.1, 0.15) is 29.2 Å². The van der Waals surface area contributed by atoms with Gasteiger partial charge in [-0.3, -0.25) is 24.1 Å². The van der Waals surface area contributed by atoms with Gasteiger partial charge in [0.05, 0.1) is 0 Å². The van der Waals surface area contributed by atoms with E-state index < -0.39 is 58.1 Å². The van der Waals surface area contributed by atoms with E-state index in [1.54, 1.807) is 7.05 Å². The lowest BCUT2D eigenvalue weighted by Gasteiger charge is -2.58. The normalized spacial score (nSPS) is 23.4. The van der Waals surface area contributed by atoms with E-state index in [-0.39, 0.29) is 17.8 Å². The zero-order chi connectivity index (χ0) is 22.9. The zero-order valence-corrected chi connectivity index (χ0v) is 16.9. The summed E-state index contributed by atoms with van der Waals surface area (Å²) < 4.78 is 42.1. The molecule has 0 radical (unpaired) electrons. The molecule has 3 fully saturated rings. The lowest BCUT2D eigenvalue weighted by molar-refractivity contribution is -0.0000729. The van der Waals surface area contributed by atoms with E-state index in [4.69, 9.17) is 0 Å². The number of amides is 2. The molecule has 168 valence electrons. The molecule has 2 saturated heterocycles. The second-order valence-corrected chi connectivity index (χ2v) is 8.49. The predicted molar refractivity (Wildman–Crippen MR) is 105 cm³/mol. The number of aromatic nitrogens is 1. The fraction of sp³-hybridized carbons (Fsp3) is 0.381. The number of nitrogens with zero attached hydrogens (tertiary/aromatic N) is 3. The zero-order valence-electron chi connectivity index (χ0n) is 16.9. The molecular weight excluding hydrogens is 429 g/mol. The molecule has 1 aromatic heterocycles. The van der Waals surface area contributed by atoms with Gasteiger partial charge in [-0.2, -0.15) is 0 Å². The van der Waals surface area contributed by atoms with Crippen molar-refractivity contribution in [3.8, 4) is 5.75 Å². The summed E-state index contributed by atoms with van der Waals surface area (Å²) in [6, 6.07) is 0.961. The van der Waals surface area contributed by atoms with Gasteiger partial charge < -0.3 is 15.3 Å². The average molecular weight is 448 g/mol. The molecule has 1 atom stereocenters. The molecule has 3 aliphatic heterocycles. The van der Waals surface area contributed by atoms with Crippen molar-refractivity contribution >= 4 is 11.8 Å². The summed E-state index contributed by atoms with van der Waals surface area (Å²) in [5.41, 5.74) is -2.36. The van der Waals surface area contributed by atoms with Crippen LogP contribution >= 0.6 is 0 Å². The van der Waals surface area contributed by atoms with Gasteiger partial charge in [-0.05, 0) is 18.8 Å². The Balaban J connectivity index is 1.49. The first kappa shape index (κ1) is 20.4. The molecule has 2 bridgehead atoms. The molecule has 0 unspecified atom stereocenters. The van der Waals surface area contributed by atoms with Crippen molar-refractivity contribution in [2.24, 2.45) is 11.8 Å². The molecule has 1 saturated carbocycles. The van der Waals surface area contributed by atoms with Gasteiger partial charge in [-0.15, -0.1) is 0 Å². The van der Waals surface area contributed by atoms with Crippen LogP contribution < -0.4 is 15.8 Å². The SMILES string of the molecule is CN1C(=O)c2c(O)c(=O)c(C(=O)NCc3c(F)cc(F)cc3F)cn2N2CC3CC(C3)[C@@H]12. The van der Waals surface area contributed by atoms with Crippen LogP contribution in [0.15, 0.2) is 23.1 Å². The Morgan fingerprint density at radius 3 is 2.50 bits per heavy atom. The Morgan fingerprint density at radius 2 is 1.84 bits per heavy atom. The maximum absolute atomic E-state index is 13.9. The lowest BCUT2D eigenvalue weighted by Crippen LogP contribution is -2.70. The minimum atomic E-state index is -1.18. The van der Waals surface area contributed by atoms with Crippen molar-refractivity contribution in [2.45, 2.75) is 25.6 Å². The van der Waals surface area contributed by atoms with Crippen LogP contribution in [-0.4, -0.2) is 46.3 Å². The molecular formula is C21H19F3N4O4. The van der Waals surface area contributed by atoms with Crippen LogP contribution in [0.4, 0.5) is 13.2 Å². The third kappa shape index (κ3) is 2.87. The molecule has 2 N–H and O–H groups in total. The fourth-order valence-electron chi connectivity index (χ4n) is 4.97. The standard InChI is InChI=1S/C21H19F3N4O4/c1-26-20-10-2-9(3-10)7-28(20)27-8-13(17(29)18(30)16(27)21(26)32)19(31)25-6-12-14(23)4-11(22)5-15(12)24/h4-5,8-10,20,30H,2-3,6-7H2,1H3,(H,25,31)/t9?,10?,20-/m0/s1. The summed E-state index contributed by atoms with van der Waals surface area (Å²) in [7, 11) is 1.61. The topological polar surface area (TPSA) is 94.9 Å². The number of pyridine rings is 1. The molecule has 6 rings (SSSR count). The Bertz CT molecular complexity index is 1200. The van der Waals surface area contributed by atoms with E-state index in [2.05, 4.69) is 5.32 Å². The van der Waals surface area contributed by atoms with Crippen LogP contribution in [0.3, 0.4) is 0 Å². The highest BCUT2D eigenvalue weighted by Crippen LogP contribution is 2.45. The molecule has 2 aromatic rings. The Labute approximate surface area is 179 Å². The summed E-state index contributed by atoms with van der Waals surface area (Å²) >= 11 is 0. The number of piperidine rings is 2. The van der Waals surface area contributed by atoms with Crippen molar-refractivity contribution in [1.29, 1.82) is 0 Å². The number of fused-ring (bicyclic) bond motifs is 1. The largest absolute Gasteiger partial charge is 0.502 e. The molecule has 1 aromatic carbocycles. The van der Waals surface area contributed by atoms with E-state index in [0.29, 0.717) is 24.6 Å². The average Bonchev–Trinajstić information content (AvgIpc) is 2.71. The summed E-state index contributed by atoms with van der Waals surface area (Å²) in [5.74, 6) is -5.20. The highest BCUT2D eigenvalue weighted by atomic mass is 19.1. The summed E-state index contributed by atoms with van der Waals surface area (Å²) in [4.78, 5) is 39.7. The van der Waals surface area contributed by atoms with Crippen molar-refractivity contribution in [3.05, 3.63) is 62.8 Å². The first-order chi connectivity index (χ1) is 15.2. The van der Waals surface area contributed by atoms with Crippen LogP contribution in [0.1, 0.15) is 39.3 Å². The molecule has 8 nitrogen and oxygen atoms in total. The van der Waals surface area contributed by atoms with Gasteiger partial charge in [0, 0.05) is 49.9 Å². The number of hydrogen-bond acceptors (Lipinski definition) is 5. The number of carbonyl (C=O) groups excluding carboxylic acids is 2. The quantitative estimate of drug-likeness (QED) is 0.738. The van der Waals surface area contributed by atoms with Crippen LogP contribution in [0.25, 0.3) is 0 Å². The first-order valence-electron chi connectivity index (χ1n) is 10.1. The number of halogens is 3. The maximum Gasteiger partial charge on any atom is 0.277 e. The Morgan fingerprint density at radius 1 is 1.19 bits per heavy atom. The monoisotopic (exact) mass is 448 g/mol. The van der Waals surface area contributed by atoms with Gasteiger partial charge in [0.25, 0.3) is 11.8 Å². The Kier molecular flexibility index (Phi) is 4.47. The lowest BCUT2D eigenvalue weighted by atomic mass is 9.69. The number of hydrogen-bond donors (Lipinski definition) is 2. The van der Waals surface area contributed by atoms with Gasteiger partial charge >= 0.3 is 0 Å². The van der Waals surface area contributed by atoms with Crippen LogP contribution in [-0.2, 0) is 6.54 Å². The molecule has 4 aliphatic rings. The molecule has 2 amide bonds. The smallest absolute Gasteiger partial charge is 0.277 e. The summed E-state index contributed by atoms with van der Waals surface area (Å²) in [5, 5.41) is 14.5. The van der Waals surface area contributed by atoms with Crippen molar-refractivity contribution in [3.63, 3.8) is 0 Å². The summed E-state index contributed by atoms with van der Waals surface area (Å²) in [6.45, 7) is -0.0575. The third-order valence-corrected chi connectivity index (χ3v) is 6.58. The van der Waals surface area contributed by atoms with E-state index in [1.807, 2.05) is 5.01 Å². The fourth-order valence-corrected chi connectivity index (χ4v) is 4.97. The second kappa shape index (κ2) is 7.01. The predicted octanol–water partition coefficient (Wildman–Crippen LogP) is 1.29. The van der Waals surface area contributed by atoms with E-state index in [0.717, 1.165) is 12.8 Å². The van der Waals surface area contributed by atoms with Crippen LogP contribution in [0.5, 0.6) is 5.75 Å². The minimum Gasteiger partial charge on any atom is -0.502 e. The minimum absolute atomic E-state index is 0.234. The van der Waals surface area contributed by atoms with E-state index in [9.17, 15) is 32.7 Å². The first-order valence-corrected chi connectivity index (χ1v) is 10.1. The highest BCUT2D eigenvalue weighted by Gasteiger charge is 2.51. The molecule has 0 spiro atoms. The van der Waals surface area contributed by atoms with Gasteiger partial charge in [-0.25, -0.2) is 13.2 Å². The number of rotatable bonds is 3. The maximum atomic E-state index is 13.9. The third-order valence-electron chi connectivity index (χ3n) is 6.58. The number of aromatic hydroxyl groups is 1. The van der Waals surface area contributed by atoms with Crippen molar-refractivity contribution in [2.75, 3.05) is 18.6 Å². The van der Waals surface area contributed by atoms with E-state index in [1.165, 1.54) is 15.8 Å². The molecule has 11 heteroatoms.